The molecule has 5 nitrogen and oxygen atoms in total. The first-order valence-corrected chi connectivity index (χ1v) is 9.20. The Kier molecular flexibility index (Phi) is 6.73. The lowest BCUT2D eigenvalue weighted by molar-refractivity contribution is -0.123. The second kappa shape index (κ2) is 8.81. The van der Waals surface area contributed by atoms with Crippen LogP contribution in [0.5, 0.6) is 0 Å². The van der Waals surface area contributed by atoms with Crippen molar-refractivity contribution in [2.75, 3.05) is 11.1 Å². The van der Waals surface area contributed by atoms with Crippen molar-refractivity contribution in [3.05, 3.63) is 59.4 Å². The molecule has 144 valence electrons. The van der Waals surface area contributed by atoms with Crippen LogP contribution in [0.15, 0.2) is 41.3 Å². The number of carbonyl (C=O) groups excluding carboxylic acids is 2. The topological polar surface area (TPSA) is 72.5 Å². The zero-order valence-electron chi connectivity index (χ0n) is 14.4. The van der Waals surface area contributed by atoms with E-state index in [1.165, 1.54) is 19.1 Å². The minimum Gasteiger partial charge on any atom is -0.449 e. The lowest BCUT2D eigenvalue weighted by Crippen LogP contribution is -2.30. The molecule has 2 aromatic rings. The molecule has 0 unspecified atom stereocenters. The van der Waals surface area contributed by atoms with E-state index in [0.717, 1.165) is 6.07 Å². The Morgan fingerprint density at radius 1 is 1.11 bits per heavy atom. The molecule has 0 fully saturated rings. The Bertz CT molecular complexity index is 904. The summed E-state index contributed by atoms with van der Waals surface area (Å²) in [4.78, 5) is 24.6. The van der Waals surface area contributed by atoms with E-state index in [0.29, 0.717) is 6.07 Å². The summed E-state index contributed by atoms with van der Waals surface area (Å²) in [5.74, 6) is -6.23. The maximum absolute atomic E-state index is 13.6. The SMILES string of the molecule is CC[S@@](=O)c1ccccc1C(=O)O[C@H](C)C(=O)Nc1ccc(F)c(F)c1F. The highest BCUT2D eigenvalue weighted by atomic mass is 32.2. The maximum atomic E-state index is 13.6. The summed E-state index contributed by atoms with van der Waals surface area (Å²) >= 11 is 0. The smallest absolute Gasteiger partial charge is 0.340 e. The standard InChI is InChI=1S/C18H16F3NO4S/c1-3-27(25)14-7-5-4-6-11(14)18(24)26-10(2)17(23)22-13-9-8-12(19)15(20)16(13)21/h4-10H,3H2,1-2H3,(H,22,23)/t10-,27-/m1/s1. The van der Waals surface area contributed by atoms with Gasteiger partial charge in [0.2, 0.25) is 0 Å². The van der Waals surface area contributed by atoms with E-state index in [1.54, 1.807) is 19.1 Å². The summed E-state index contributed by atoms with van der Waals surface area (Å²) in [6, 6.07) is 7.58. The van der Waals surface area contributed by atoms with Crippen molar-refractivity contribution in [1.82, 2.24) is 0 Å². The highest BCUT2D eigenvalue weighted by molar-refractivity contribution is 7.85. The van der Waals surface area contributed by atoms with E-state index in [-0.39, 0.29) is 16.2 Å². The number of hydrogen-bond acceptors (Lipinski definition) is 4. The fourth-order valence-corrected chi connectivity index (χ4v) is 3.06. The molecule has 2 atom stereocenters. The zero-order valence-corrected chi connectivity index (χ0v) is 15.2. The maximum Gasteiger partial charge on any atom is 0.340 e. The Morgan fingerprint density at radius 2 is 1.78 bits per heavy atom. The predicted molar refractivity (Wildman–Crippen MR) is 93.2 cm³/mol. The fourth-order valence-electron chi connectivity index (χ4n) is 2.12. The second-order valence-electron chi connectivity index (χ2n) is 5.39. The van der Waals surface area contributed by atoms with Crippen molar-refractivity contribution >= 4 is 28.4 Å². The van der Waals surface area contributed by atoms with Crippen LogP contribution in [0.25, 0.3) is 0 Å². The molecule has 0 heterocycles. The normalized spacial score (nSPS) is 12.9. The fraction of sp³-hybridized carbons (Fsp3) is 0.222. The van der Waals surface area contributed by atoms with E-state index in [2.05, 4.69) is 0 Å². The number of amides is 1. The second-order valence-corrected chi connectivity index (χ2v) is 7.10. The largest absolute Gasteiger partial charge is 0.449 e. The molecule has 0 spiro atoms. The van der Waals surface area contributed by atoms with Gasteiger partial charge < -0.3 is 10.1 Å². The average Bonchev–Trinajstić information content (AvgIpc) is 2.67. The Hall–Kier alpha value is -2.68. The van der Waals surface area contributed by atoms with Crippen LogP contribution in [-0.2, 0) is 20.3 Å². The van der Waals surface area contributed by atoms with Gasteiger partial charge in [0.15, 0.2) is 23.6 Å². The number of carbonyl (C=O) groups is 2. The van der Waals surface area contributed by atoms with Gasteiger partial charge in [-0.15, -0.1) is 0 Å². The number of hydrogen-bond donors (Lipinski definition) is 1. The van der Waals surface area contributed by atoms with E-state index in [1.807, 2.05) is 5.32 Å². The van der Waals surface area contributed by atoms with Crippen molar-refractivity contribution in [3.8, 4) is 0 Å². The molecular formula is C18H16F3NO4S. The lowest BCUT2D eigenvalue weighted by atomic mass is 10.2. The van der Waals surface area contributed by atoms with Gasteiger partial charge in [0.1, 0.15) is 0 Å². The van der Waals surface area contributed by atoms with Gasteiger partial charge in [0.25, 0.3) is 5.91 Å². The van der Waals surface area contributed by atoms with Crippen LogP contribution in [-0.4, -0.2) is 27.9 Å². The molecule has 0 saturated carbocycles. The number of esters is 1. The molecule has 0 radical (unpaired) electrons. The molecule has 0 aromatic heterocycles. The molecular weight excluding hydrogens is 383 g/mol. The van der Waals surface area contributed by atoms with E-state index >= 15 is 0 Å². The average molecular weight is 399 g/mol. The number of rotatable bonds is 6. The van der Waals surface area contributed by atoms with Crippen molar-refractivity contribution in [2.45, 2.75) is 24.8 Å². The van der Waals surface area contributed by atoms with Gasteiger partial charge in [-0.2, -0.15) is 0 Å². The molecule has 0 bridgehead atoms. The molecule has 2 rings (SSSR count). The van der Waals surface area contributed by atoms with Crippen LogP contribution in [0.2, 0.25) is 0 Å². The Morgan fingerprint density at radius 3 is 2.44 bits per heavy atom. The van der Waals surface area contributed by atoms with Crippen LogP contribution in [0.1, 0.15) is 24.2 Å². The van der Waals surface area contributed by atoms with Crippen LogP contribution < -0.4 is 5.32 Å². The highest BCUT2D eigenvalue weighted by Crippen LogP contribution is 2.20. The van der Waals surface area contributed by atoms with Gasteiger partial charge >= 0.3 is 5.97 Å². The van der Waals surface area contributed by atoms with Gasteiger partial charge in [0, 0.05) is 5.75 Å². The molecule has 2 aromatic carbocycles. The monoisotopic (exact) mass is 399 g/mol. The lowest BCUT2D eigenvalue weighted by Gasteiger charge is -2.15. The molecule has 1 amide bonds. The van der Waals surface area contributed by atoms with Gasteiger partial charge in [-0.3, -0.25) is 9.00 Å². The van der Waals surface area contributed by atoms with Crippen molar-refractivity contribution in [1.29, 1.82) is 0 Å². The first-order chi connectivity index (χ1) is 12.8. The molecule has 0 aliphatic heterocycles. The molecule has 27 heavy (non-hydrogen) atoms. The molecule has 0 aliphatic carbocycles. The minimum absolute atomic E-state index is 0.0383. The van der Waals surface area contributed by atoms with E-state index < -0.39 is 51.9 Å². The number of halogens is 3. The number of ether oxygens (including phenoxy) is 1. The number of nitrogens with one attached hydrogen (secondary N) is 1. The van der Waals surface area contributed by atoms with Gasteiger partial charge in [-0.25, -0.2) is 18.0 Å². The molecule has 0 saturated heterocycles. The van der Waals surface area contributed by atoms with Crippen LogP contribution in [0, 0.1) is 17.5 Å². The first-order valence-electron chi connectivity index (χ1n) is 7.89. The Labute approximate surface area is 156 Å². The van der Waals surface area contributed by atoms with Gasteiger partial charge in [-0.1, -0.05) is 19.1 Å². The van der Waals surface area contributed by atoms with Crippen LogP contribution in [0.4, 0.5) is 18.9 Å². The van der Waals surface area contributed by atoms with E-state index in [4.69, 9.17) is 4.74 Å². The summed E-state index contributed by atoms with van der Waals surface area (Å²) in [5.41, 5.74) is -0.550. The molecule has 1 N–H and O–H groups in total. The molecule has 9 heteroatoms. The highest BCUT2D eigenvalue weighted by Gasteiger charge is 2.24. The summed E-state index contributed by atoms with van der Waals surface area (Å²) in [6.07, 6.45) is -1.37. The minimum atomic E-state index is -1.73. The third-order valence-electron chi connectivity index (χ3n) is 3.56. The quantitative estimate of drug-likeness (QED) is 0.597. The van der Waals surface area contributed by atoms with Crippen molar-refractivity contribution in [3.63, 3.8) is 0 Å². The zero-order chi connectivity index (χ0) is 20.1. The van der Waals surface area contributed by atoms with Crippen LogP contribution in [0.3, 0.4) is 0 Å². The third-order valence-corrected chi connectivity index (χ3v) is 4.93. The molecule has 0 aliphatic rings. The van der Waals surface area contributed by atoms with Crippen LogP contribution >= 0.6 is 0 Å². The summed E-state index contributed by atoms with van der Waals surface area (Å²) in [7, 11) is -1.42. The third kappa shape index (κ3) is 4.73. The summed E-state index contributed by atoms with van der Waals surface area (Å²) in [6.45, 7) is 2.91. The van der Waals surface area contributed by atoms with Gasteiger partial charge in [0.05, 0.1) is 26.9 Å². The van der Waals surface area contributed by atoms with Crippen molar-refractivity contribution in [2.24, 2.45) is 0 Å². The van der Waals surface area contributed by atoms with E-state index in [9.17, 15) is 27.0 Å². The Balaban J connectivity index is 2.12. The number of anilines is 1. The van der Waals surface area contributed by atoms with Gasteiger partial charge in [-0.05, 0) is 31.2 Å². The summed E-state index contributed by atoms with van der Waals surface area (Å²) in [5, 5.41) is 2.03. The van der Waals surface area contributed by atoms with Crippen molar-refractivity contribution < 1.29 is 31.7 Å². The number of benzene rings is 2. The predicted octanol–water partition coefficient (Wildman–Crippen LogP) is 3.42. The first kappa shape index (κ1) is 20.6. The summed E-state index contributed by atoms with van der Waals surface area (Å²) < 4.78 is 56.8.